The van der Waals surface area contributed by atoms with Crippen LogP contribution < -0.4 is 0 Å². The smallest absolute Gasteiger partial charge is 0.393 e. The fourth-order valence-electron chi connectivity index (χ4n) is 4.33. The number of amides is 2. The third-order valence-electron chi connectivity index (χ3n) is 6.31. The number of aliphatic hydroxyl groups excluding tert-OH is 1. The van der Waals surface area contributed by atoms with Crippen molar-refractivity contribution in [1.82, 2.24) is 19.2 Å². The van der Waals surface area contributed by atoms with Crippen LogP contribution in [0.1, 0.15) is 53.2 Å². The van der Waals surface area contributed by atoms with Crippen molar-refractivity contribution in [2.75, 3.05) is 19.6 Å². The summed E-state index contributed by atoms with van der Waals surface area (Å²) in [4.78, 5) is 32.4. The van der Waals surface area contributed by atoms with E-state index >= 15 is 0 Å². The zero-order valence-corrected chi connectivity index (χ0v) is 17.2. The predicted octanol–water partition coefficient (Wildman–Crippen LogP) is 2.69. The Morgan fingerprint density at radius 2 is 1.94 bits per heavy atom. The Kier molecular flexibility index (Phi) is 4.71. The number of carbonyl (C=O) groups excluding carboxylic acids is 2. The van der Waals surface area contributed by atoms with Gasteiger partial charge >= 0.3 is 6.18 Å². The maximum Gasteiger partial charge on any atom is 0.419 e. The summed E-state index contributed by atoms with van der Waals surface area (Å²) in [6.45, 7) is 0.322. The third-order valence-corrected chi connectivity index (χ3v) is 6.67. The summed E-state index contributed by atoms with van der Waals surface area (Å²) in [7, 11) is 0. The Morgan fingerprint density at radius 1 is 1.23 bits per heavy atom. The van der Waals surface area contributed by atoms with E-state index in [0.29, 0.717) is 24.9 Å². The van der Waals surface area contributed by atoms with Crippen LogP contribution in [0.2, 0.25) is 5.15 Å². The molecule has 166 valence electrons. The number of hydrogen-bond donors (Lipinski definition) is 1. The maximum atomic E-state index is 13.7. The number of hydrogen-bond acceptors (Lipinski definition) is 4. The molecular formula is C20H20ClF3N4O3. The molecule has 3 fully saturated rings. The molecule has 3 aliphatic rings. The molecule has 2 aromatic rings. The molecule has 5 rings (SSSR count). The van der Waals surface area contributed by atoms with Gasteiger partial charge in [0.2, 0.25) is 5.91 Å². The second-order valence-corrected chi connectivity index (χ2v) is 8.85. The summed E-state index contributed by atoms with van der Waals surface area (Å²) in [5, 5.41) is 9.26. The second-order valence-electron chi connectivity index (χ2n) is 8.50. The molecule has 2 aliphatic carbocycles. The van der Waals surface area contributed by atoms with Gasteiger partial charge in [0.1, 0.15) is 11.7 Å². The van der Waals surface area contributed by atoms with Crippen molar-refractivity contribution in [2.45, 2.75) is 49.9 Å². The molecule has 0 radical (unpaired) electrons. The van der Waals surface area contributed by atoms with Crippen molar-refractivity contribution < 1.29 is 27.9 Å². The standard InChI is InChI=1S/C20H20ClF3N4O3/c21-17-16(19(31)26-3-4-27(15(30)9-26)12-6-13(29)7-12)25-18-14(20(22,23)24)5-11(8-28(17)18)10-1-2-10/h5,8,10,12-13,29H,1-4,6-7,9H2. The van der Waals surface area contributed by atoms with Crippen LogP contribution in [0.3, 0.4) is 0 Å². The number of nitrogens with zero attached hydrogens (tertiary/aromatic N) is 4. The van der Waals surface area contributed by atoms with Gasteiger partial charge < -0.3 is 14.9 Å². The summed E-state index contributed by atoms with van der Waals surface area (Å²) in [6, 6.07) is 1.05. The largest absolute Gasteiger partial charge is 0.419 e. The molecule has 0 aromatic carbocycles. The van der Waals surface area contributed by atoms with Crippen LogP contribution in [0.4, 0.5) is 13.2 Å². The van der Waals surface area contributed by atoms with Crippen molar-refractivity contribution >= 4 is 29.1 Å². The van der Waals surface area contributed by atoms with Crippen LogP contribution >= 0.6 is 11.6 Å². The highest BCUT2D eigenvalue weighted by molar-refractivity contribution is 6.33. The molecule has 1 saturated heterocycles. The maximum absolute atomic E-state index is 13.7. The number of rotatable bonds is 3. The molecule has 0 atom stereocenters. The van der Waals surface area contributed by atoms with Gasteiger partial charge in [-0.3, -0.25) is 14.0 Å². The van der Waals surface area contributed by atoms with Gasteiger partial charge in [-0.1, -0.05) is 11.6 Å². The van der Waals surface area contributed by atoms with Gasteiger partial charge in [-0.15, -0.1) is 0 Å². The molecule has 11 heteroatoms. The molecule has 1 aliphatic heterocycles. The summed E-state index contributed by atoms with van der Waals surface area (Å²) in [5.41, 5.74) is -1.12. The Morgan fingerprint density at radius 3 is 2.52 bits per heavy atom. The average Bonchev–Trinajstić information content (AvgIpc) is 3.48. The van der Waals surface area contributed by atoms with Crippen LogP contribution in [0.15, 0.2) is 12.3 Å². The van der Waals surface area contributed by atoms with E-state index in [9.17, 15) is 27.9 Å². The predicted molar refractivity (Wildman–Crippen MR) is 104 cm³/mol. The first-order valence-electron chi connectivity index (χ1n) is 10.2. The summed E-state index contributed by atoms with van der Waals surface area (Å²) in [5.74, 6) is -0.876. The molecule has 7 nitrogen and oxygen atoms in total. The molecule has 1 N–H and O–H groups in total. The van der Waals surface area contributed by atoms with Gasteiger partial charge in [0, 0.05) is 25.3 Å². The minimum Gasteiger partial charge on any atom is -0.393 e. The van der Waals surface area contributed by atoms with Crippen molar-refractivity contribution in [2.24, 2.45) is 0 Å². The van der Waals surface area contributed by atoms with Gasteiger partial charge in [0.15, 0.2) is 11.3 Å². The van der Waals surface area contributed by atoms with E-state index in [1.54, 1.807) is 4.90 Å². The first-order chi connectivity index (χ1) is 14.6. The number of piperazine rings is 1. The van der Waals surface area contributed by atoms with Gasteiger partial charge in [0.25, 0.3) is 5.91 Å². The Bertz CT molecular complexity index is 1080. The van der Waals surface area contributed by atoms with E-state index < -0.39 is 29.4 Å². The number of pyridine rings is 1. The first-order valence-corrected chi connectivity index (χ1v) is 10.6. The second kappa shape index (κ2) is 7.09. The monoisotopic (exact) mass is 456 g/mol. The Labute approximate surface area is 180 Å². The highest BCUT2D eigenvalue weighted by Crippen LogP contribution is 2.43. The minimum atomic E-state index is -4.64. The van der Waals surface area contributed by atoms with Crippen molar-refractivity contribution in [3.63, 3.8) is 0 Å². The lowest BCUT2D eigenvalue weighted by Crippen LogP contribution is -2.59. The van der Waals surface area contributed by atoms with E-state index in [2.05, 4.69) is 4.98 Å². The fourth-order valence-corrected chi connectivity index (χ4v) is 4.58. The highest BCUT2D eigenvalue weighted by Gasteiger charge is 2.40. The number of halogens is 4. The average molecular weight is 457 g/mol. The van der Waals surface area contributed by atoms with Gasteiger partial charge in [-0.05, 0) is 43.2 Å². The molecule has 3 heterocycles. The van der Waals surface area contributed by atoms with E-state index in [-0.39, 0.29) is 41.8 Å². The summed E-state index contributed by atoms with van der Waals surface area (Å²) >= 11 is 6.32. The van der Waals surface area contributed by atoms with Crippen molar-refractivity contribution in [1.29, 1.82) is 0 Å². The highest BCUT2D eigenvalue weighted by atomic mass is 35.5. The van der Waals surface area contributed by atoms with Gasteiger partial charge in [0.05, 0.1) is 11.7 Å². The van der Waals surface area contributed by atoms with Gasteiger partial charge in [-0.2, -0.15) is 13.2 Å². The van der Waals surface area contributed by atoms with Crippen molar-refractivity contribution in [3.05, 3.63) is 34.2 Å². The quantitative estimate of drug-likeness (QED) is 0.770. The van der Waals surface area contributed by atoms with E-state index in [1.807, 2.05) is 0 Å². The summed E-state index contributed by atoms with van der Waals surface area (Å²) < 4.78 is 42.1. The molecule has 2 amide bonds. The van der Waals surface area contributed by atoms with E-state index in [0.717, 1.165) is 23.3 Å². The number of imidazole rings is 1. The van der Waals surface area contributed by atoms with Crippen LogP contribution in [-0.4, -0.2) is 67.9 Å². The Balaban J connectivity index is 1.44. The zero-order chi connectivity index (χ0) is 22.1. The fraction of sp³-hybridized carbons (Fsp3) is 0.550. The normalized spacial score (nSPS) is 24.6. The lowest BCUT2D eigenvalue weighted by atomic mass is 9.87. The lowest BCUT2D eigenvalue weighted by Gasteiger charge is -2.44. The number of aliphatic hydroxyl groups is 1. The number of alkyl halides is 3. The molecule has 31 heavy (non-hydrogen) atoms. The van der Waals surface area contributed by atoms with Crippen molar-refractivity contribution in [3.8, 4) is 0 Å². The van der Waals surface area contributed by atoms with E-state index in [4.69, 9.17) is 11.6 Å². The zero-order valence-electron chi connectivity index (χ0n) is 16.4. The molecule has 0 unspecified atom stereocenters. The van der Waals surface area contributed by atoms with Crippen LogP contribution in [0, 0.1) is 0 Å². The number of aromatic nitrogens is 2. The van der Waals surface area contributed by atoms with E-state index in [1.165, 1.54) is 11.1 Å². The number of fused-ring (bicyclic) bond motifs is 1. The minimum absolute atomic E-state index is 0.0336. The molecule has 2 aromatic heterocycles. The number of carbonyl (C=O) groups is 2. The van der Waals surface area contributed by atoms with Crippen LogP contribution in [0.25, 0.3) is 5.65 Å². The van der Waals surface area contributed by atoms with Gasteiger partial charge in [-0.25, -0.2) is 4.98 Å². The first kappa shape index (κ1) is 20.6. The molecule has 0 bridgehead atoms. The Hall–Kier alpha value is -2.33. The summed E-state index contributed by atoms with van der Waals surface area (Å²) in [6.07, 6.45) is -0.882. The molecular weight excluding hydrogens is 437 g/mol. The molecule has 2 saturated carbocycles. The van der Waals surface area contributed by atoms with Crippen LogP contribution in [-0.2, 0) is 11.0 Å². The SMILES string of the molecule is O=C(c1nc2c(C(F)(F)F)cc(C3CC3)cn2c1Cl)N1CCN(C2CC(O)C2)C(=O)C1. The van der Waals surface area contributed by atoms with Crippen LogP contribution in [0.5, 0.6) is 0 Å². The third kappa shape index (κ3) is 3.55. The lowest BCUT2D eigenvalue weighted by molar-refractivity contribution is -0.142. The molecule has 0 spiro atoms. The topological polar surface area (TPSA) is 78.2 Å².